The molecule has 0 unspecified atom stereocenters. The first-order valence-corrected chi connectivity index (χ1v) is 18.8. The molecular weight excluding hydrogens is 739 g/mol. The van der Waals surface area contributed by atoms with E-state index >= 15 is 0 Å². The molecule has 0 bridgehead atoms. The summed E-state index contributed by atoms with van der Waals surface area (Å²) in [6, 6.07) is 3.89. The van der Waals surface area contributed by atoms with Crippen LogP contribution >= 0.6 is 11.3 Å². The van der Waals surface area contributed by atoms with Crippen molar-refractivity contribution in [3.05, 3.63) is 40.4 Å². The van der Waals surface area contributed by atoms with Crippen molar-refractivity contribution in [1.29, 1.82) is 5.41 Å². The quantitative estimate of drug-likeness (QED) is 0.0383. The maximum Gasteiger partial charge on any atom is 0.418 e. The van der Waals surface area contributed by atoms with Gasteiger partial charge in [0, 0.05) is 43.2 Å². The lowest BCUT2D eigenvalue weighted by atomic mass is 9.84. The van der Waals surface area contributed by atoms with Crippen molar-refractivity contribution in [2.24, 2.45) is 10.9 Å². The van der Waals surface area contributed by atoms with Gasteiger partial charge in [-0.05, 0) is 70.2 Å². The van der Waals surface area contributed by atoms with E-state index in [1.165, 1.54) is 26.2 Å². The fraction of sp³-hybridized carbons (Fsp3) is 0.548. The number of β-lactam (4-membered cyclic amide) rings is 1. The highest BCUT2D eigenvalue weighted by molar-refractivity contribution is 7.80. The number of carbonyl (C=O) groups is 3. The van der Waals surface area contributed by atoms with Crippen molar-refractivity contribution in [3.8, 4) is 5.75 Å². The predicted molar refractivity (Wildman–Crippen MR) is 189 cm³/mol. The van der Waals surface area contributed by atoms with Crippen LogP contribution in [0.25, 0.3) is 0 Å². The molecular formula is C31H43N9O11S2. The number of aryl methyl sites for hydroxylation is 1. The van der Waals surface area contributed by atoms with Crippen molar-refractivity contribution in [2.45, 2.75) is 81.9 Å². The number of aliphatic hydroxyl groups is 1. The van der Waals surface area contributed by atoms with Crippen LogP contribution in [0.15, 0.2) is 28.7 Å². The lowest BCUT2D eigenvalue weighted by Crippen LogP contribution is -2.76. The number of carboxylic acids is 1. The Morgan fingerprint density at radius 2 is 1.96 bits per heavy atom. The van der Waals surface area contributed by atoms with E-state index in [4.69, 9.17) is 31.0 Å². The molecule has 4 atom stereocenters. The van der Waals surface area contributed by atoms with Crippen LogP contribution in [0.5, 0.6) is 5.75 Å². The van der Waals surface area contributed by atoms with Crippen molar-refractivity contribution >= 4 is 56.2 Å². The highest BCUT2D eigenvalue weighted by atomic mass is 32.3. The van der Waals surface area contributed by atoms with Gasteiger partial charge in [0.05, 0.1) is 11.6 Å². The summed E-state index contributed by atoms with van der Waals surface area (Å²) in [6.45, 7) is 6.23. The summed E-state index contributed by atoms with van der Waals surface area (Å²) in [4.78, 5) is 50.6. The number of amides is 2. The number of thiazole rings is 1. The summed E-state index contributed by atoms with van der Waals surface area (Å²) in [5.74, 6) is -2.86. The van der Waals surface area contributed by atoms with Crippen molar-refractivity contribution in [1.82, 2.24) is 25.6 Å². The molecule has 20 nitrogen and oxygen atoms in total. The number of nitrogens with zero attached hydrogens (tertiary/aromatic N) is 4. The fourth-order valence-corrected chi connectivity index (χ4v) is 7.25. The van der Waals surface area contributed by atoms with Crippen molar-refractivity contribution < 1.29 is 51.4 Å². The Kier molecular flexibility index (Phi) is 11.6. The van der Waals surface area contributed by atoms with Gasteiger partial charge in [-0.15, -0.1) is 15.6 Å². The Morgan fingerprint density at radius 1 is 1.26 bits per heavy atom. The number of likely N-dealkylation sites (tertiary alicyclic amines) is 1. The Hall–Kier alpha value is -4.45. The van der Waals surface area contributed by atoms with Crippen molar-refractivity contribution in [2.75, 3.05) is 31.9 Å². The number of nitrogens with two attached hydrogens (primary N) is 2. The first-order chi connectivity index (χ1) is 24.8. The minimum Gasteiger partial charge on any atom is -0.485 e. The number of aliphatic carboxylic acids is 1. The Morgan fingerprint density at radius 3 is 2.55 bits per heavy atom. The highest BCUT2D eigenvalue weighted by Crippen LogP contribution is 2.35. The molecule has 0 radical (unpaired) electrons. The van der Waals surface area contributed by atoms with E-state index in [0.717, 1.165) is 42.8 Å². The number of piperidine rings is 1. The maximum absolute atomic E-state index is 13.5. The molecule has 53 heavy (non-hydrogen) atoms. The number of fused-ring (bicyclic) bond motifs is 1. The molecule has 1 aromatic heterocycles. The SMILES string of the molecule is CC1(C)[C@H](NC(=O)/C(=N\O[C@](C)(C(=O)O)[C@H]2CCc3cc(C(=N)NC4CCN(C[C@@H](O)CN)CC4)ccc3O2)c2csc(N)n2)C(=O)N1OS(=O)(=O)O. The van der Waals surface area contributed by atoms with Gasteiger partial charge in [-0.1, -0.05) is 5.16 Å². The smallest absolute Gasteiger partial charge is 0.418 e. The molecule has 0 aliphatic carbocycles. The van der Waals surface area contributed by atoms with E-state index in [9.17, 15) is 33.0 Å². The number of benzene rings is 1. The minimum absolute atomic E-state index is 0.0496. The van der Waals surface area contributed by atoms with Gasteiger partial charge in [-0.2, -0.15) is 13.5 Å². The second kappa shape index (κ2) is 15.5. The third-order valence-corrected chi connectivity index (χ3v) is 10.4. The van der Waals surface area contributed by atoms with Gasteiger partial charge in [0.2, 0.25) is 0 Å². The van der Waals surface area contributed by atoms with Crippen molar-refractivity contribution in [3.63, 3.8) is 0 Å². The first kappa shape index (κ1) is 39.8. The second-order valence-corrected chi connectivity index (χ2v) is 15.6. The van der Waals surface area contributed by atoms with Gasteiger partial charge in [0.25, 0.3) is 17.4 Å². The summed E-state index contributed by atoms with van der Waals surface area (Å²) in [5, 5.41) is 40.2. The van der Waals surface area contributed by atoms with Gasteiger partial charge in [-0.3, -0.25) is 19.6 Å². The summed E-state index contributed by atoms with van der Waals surface area (Å²) in [7, 11) is -5.04. The number of nitrogens with one attached hydrogen (secondary N) is 3. The van der Waals surface area contributed by atoms with Crippen LogP contribution in [-0.2, 0) is 40.3 Å². The number of oxime groups is 1. The molecule has 0 spiro atoms. The van der Waals surface area contributed by atoms with E-state index in [-0.39, 0.29) is 35.7 Å². The molecule has 5 rings (SSSR count). The summed E-state index contributed by atoms with van der Waals surface area (Å²) in [5.41, 5.74) is 8.46. The molecule has 0 saturated carbocycles. The van der Waals surface area contributed by atoms with E-state index in [2.05, 4.69) is 30.0 Å². The fourth-order valence-electron chi connectivity index (χ4n) is 6.25. The number of amidine groups is 1. The van der Waals surface area contributed by atoms with Crippen LogP contribution in [0.2, 0.25) is 0 Å². The number of aromatic nitrogens is 1. The van der Waals surface area contributed by atoms with Crippen LogP contribution in [0.3, 0.4) is 0 Å². The standard InChI is InChI=1S/C31H43N9O11S2/c1-30(2)24(27(43)40(30)51-53(46,47)48)37-26(42)23(20-15-52-29(34)36-20)38-50-31(3,28(44)45)22-7-5-16-12-17(4-6-21(16)49-22)25(33)35-18-8-10-39(11-9-18)14-19(41)13-32/h4,6,12,15,18-19,22,24,41H,5,7-11,13-14,32H2,1-3H3,(H2,33,35)(H2,34,36)(H,37,42)(H,44,45)(H,46,47,48)/b38-23-/t19-,22+,24+,31-/m0/s1. The predicted octanol–water partition coefficient (Wildman–Crippen LogP) is -0.778. The molecule has 3 aliphatic heterocycles. The van der Waals surface area contributed by atoms with Crippen LogP contribution in [0, 0.1) is 5.41 Å². The summed E-state index contributed by atoms with van der Waals surface area (Å²) in [6.07, 6.45) is 0.477. The number of hydrogen-bond donors (Lipinski definition) is 8. The number of β-amino-alcohol motifs (C(OH)–C–C–N with tert-alkyl or cyclic N) is 1. The molecule has 2 saturated heterocycles. The number of hydrogen-bond acceptors (Lipinski definition) is 16. The third kappa shape index (κ3) is 8.86. The number of nitrogen functional groups attached to an aromatic ring is 1. The molecule has 3 aliphatic rings. The monoisotopic (exact) mass is 781 g/mol. The number of anilines is 1. The molecule has 290 valence electrons. The largest absolute Gasteiger partial charge is 0.485 e. The Balaban J connectivity index is 1.27. The molecule has 4 heterocycles. The summed E-state index contributed by atoms with van der Waals surface area (Å²) < 4.78 is 41.8. The van der Waals surface area contributed by atoms with Crippen LogP contribution in [-0.4, -0.2) is 129 Å². The normalized spacial score (nSPS) is 22.4. The van der Waals surface area contributed by atoms with Gasteiger partial charge in [0.15, 0.2) is 16.9 Å². The highest BCUT2D eigenvalue weighted by Gasteiger charge is 2.58. The molecule has 10 N–H and O–H groups in total. The average molecular weight is 782 g/mol. The summed E-state index contributed by atoms with van der Waals surface area (Å²) >= 11 is 0.957. The minimum atomic E-state index is -5.04. The van der Waals surface area contributed by atoms with Crippen LogP contribution in [0.4, 0.5) is 5.13 Å². The molecule has 2 aromatic rings. The average Bonchev–Trinajstić information content (AvgIpc) is 3.54. The topological polar surface area (TPSA) is 305 Å². The van der Waals surface area contributed by atoms with Gasteiger partial charge >= 0.3 is 16.4 Å². The maximum atomic E-state index is 13.5. The van der Waals surface area contributed by atoms with E-state index in [1.807, 2.05) is 6.07 Å². The molecule has 1 aromatic carbocycles. The first-order valence-electron chi connectivity index (χ1n) is 16.6. The molecule has 2 fully saturated rings. The molecule has 22 heteroatoms. The molecule has 2 amide bonds. The van der Waals surface area contributed by atoms with E-state index in [0.29, 0.717) is 29.3 Å². The Bertz CT molecular complexity index is 1880. The zero-order chi connectivity index (χ0) is 38.9. The number of carboxylic acid groups (broad SMARTS) is 1. The number of aliphatic hydroxyl groups excluding tert-OH is 1. The van der Waals surface area contributed by atoms with Crippen LogP contribution in [0.1, 0.15) is 56.9 Å². The van der Waals surface area contributed by atoms with E-state index in [1.54, 1.807) is 12.1 Å². The van der Waals surface area contributed by atoms with Gasteiger partial charge in [0.1, 0.15) is 23.3 Å². The number of carbonyl (C=O) groups excluding carboxylic acids is 2. The lowest BCUT2D eigenvalue weighted by molar-refractivity contribution is -0.218. The zero-order valence-corrected chi connectivity index (χ0v) is 30.8. The van der Waals surface area contributed by atoms with Gasteiger partial charge in [-0.25, -0.2) is 9.78 Å². The lowest BCUT2D eigenvalue weighted by Gasteiger charge is -2.50. The van der Waals surface area contributed by atoms with Crippen LogP contribution < -0.4 is 26.8 Å². The number of hydroxylamine groups is 2. The Labute approximate surface area is 308 Å². The second-order valence-electron chi connectivity index (χ2n) is 13.7. The van der Waals surface area contributed by atoms with E-state index < -0.39 is 63.3 Å². The number of rotatable bonds is 14. The third-order valence-electron chi connectivity index (χ3n) is 9.44. The zero-order valence-electron chi connectivity index (χ0n) is 29.1. The van der Waals surface area contributed by atoms with Gasteiger partial charge < -0.3 is 46.8 Å². The number of ether oxygens (including phenoxy) is 1.